The van der Waals surface area contributed by atoms with Crippen LogP contribution in [-0.2, 0) is 7.05 Å². The van der Waals surface area contributed by atoms with Gasteiger partial charge in [0.25, 0.3) is 0 Å². The summed E-state index contributed by atoms with van der Waals surface area (Å²) in [4.78, 5) is 22.5. The highest BCUT2D eigenvalue weighted by Gasteiger charge is 2.45. The van der Waals surface area contributed by atoms with Gasteiger partial charge in [-0.25, -0.2) is 9.18 Å². The number of rotatable bonds is 6. The van der Waals surface area contributed by atoms with Gasteiger partial charge in [-0.1, -0.05) is 30.7 Å². The number of ether oxygens (including phenoxy) is 1. The third-order valence-electron chi connectivity index (χ3n) is 5.19. The summed E-state index contributed by atoms with van der Waals surface area (Å²) in [7, 11) is 1.37. The number of alkyl halides is 3. The van der Waals surface area contributed by atoms with Gasteiger partial charge in [-0.3, -0.25) is 4.79 Å². The molecule has 1 N–H and O–H groups in total. The van der Waals surface area contributed by atoms with E-state index in [1.165, 1.54) is 32.2 Å². The predicted molar refractivity (Wildman–Crippen MR) is 114 cm³/mol. The van der Waals surface area contributed by atoms with Crippen molar-refractivity contribution < 1.29 is 32.2 Å². The van der Waals surface area contributed by atoms with Crippen molar-refractivity contribution in [2.45, 2.75) is 24.9 Å². The summed E-state index contributed by atoms with van der Waals surface area (Å²) in [5.41, 5.74) is -0.606. The van der Waals surface area contributed by atoms with Gasteiger partial charge in [0, 0.05) is 24.3 Å². The summed E-state index contributed by atoms with van der Waals surface area (Å²) in [5, 5.41) is 8.87. The zero-order chi connectivity index (χ0) is 24.5. The molecule has 5 nitrogen and oxygen atoms in total. The average Bonchev–Trinajstić information content (AvgIpc) is 2.71. The predicted octanol–water partition coefficient (Wildman–Crippen LogP) is 6.12. The van der Waals surface area contributed by atoms with Crippen molar-refractivity contribution in [1.82, 2.24) is 4.57 Å². The van der Waals surface area contributed by atoms with E-state index in [0.29, 0.717) is 0 Å². The van der Waals surface area contributed by atoms with E-state index in [4.69, 9.17) is 21.4 Å². The molecule has 0 bridgehead atoms. The molecular formula is C23H18ClF4NO4. The fraction of sp³-hybridized carbons (Fsp3) is 0.217. The van der Waals surface area contributed by atoms with Gasteiger partial charge >= 0.3 is 12.1 Å². The Labute approximate surface area is 190 Å². The lowest BCUT2D eigenvalue weighted by molar-refractivity contribution is -0.154. The molecule has 0 aliphatic rings. The molecule has 0 radical (unpaired) electrons. The van der Waals surface area contributed by atoms with Crippen molar-refractivity contribution in [3.05, 3.63) is 92.6 Å². The zero-order valence-corrected chi connectivity index (χ0v) is 18.1. The van der Waals surface area contributed by atoms with Crippen LogP contribution in [0.5, 0.6) is 11.5 Å². The molecule has 0 spiro atoms. The Balaban J connectivity index is 1.92. The molecule has 2 unspecified atom stereocenters. The number of hydrogen-bond acceptors (Lipinski definition) is 3. The minimum Gasteiger partial charge on any atom is -0.478 e. The lowest BCUT2D eigenvalue weighted by atomic mass is 9.82. The van der Waals surface area contributed by atoms with Crippen LogP contribution in [0.2, 0.25) is 5.02 Å². The number of pyridine rings is 1. The van der Waals surface area contributed by atoms with E-state index in [0.717, 1.165) is 41.1 Å². The Morgan fingerprint density at radius 1 is 1.12 bits per heavy atom. The Morgan fingerprint density at radius 2 is 1.82 bits per heavy atom. The van der Waals surface area contributed by atoms with Crippen LogP contribution < -0.4 is 10.3 Å². The first kappa shape index (κ1) is 24.3. The summed E-state index contributed by atoms with van der Waals surface area (Å²) >= 11 is 6.26. The summed E-state index contributed by atoms with van der Waals surface area (Å²) in [5.74, 6) is -5.49. The third-order valence-corrected chi connectivity index (χ3v) is 5.52. The number of carbonyl (C=O) groups is 1. The smallest absolute Gasteiger partial charge is 0.396 e. The molecule has 2 atom stereocenters. The van der Waals surface area contributed by atoms with Crippen molar-refractivity contribution in [2.75, 3.05) is 0 Å². The molecule has 1 heterocycles. The second-order valence-electron chi connectivity index (χ2n) is 7.46. The number of halogens is 5. The molecular weight excluding hydrogens is 466 g/mol. The van der Waals surface area contributed by atoms with E-state index >= 15 is 0 Å². The normalized spacial score (nSPS) is 13.4. The van der Waals surface area contributed by atoms with E-state index in [1.807, 2.05) is 0 Å². The number of aryl methyl sites for hydroxylation is 1. The Bertz CT molecular complexity index is 1260. The summed E-state index contributed by atoms with van der Waals surface area (Å²) in [6.45, 7) is 1.37. The third kappa shape index (κ3) is 5.36. The number of aromatic nitrogens is 1. The number of nitrogens with zero attached hydrogens (tertiary/aromatic N) is 1. The fourth-order valence-corrected chi connectivity index (χ4v) is 3.87. The minimum absolute atomic E-state index is 0.0263. The lowest BCUT2D eigenvalue weighted by Crippen LogP contribution is -2.28. The van der Waals surface area contributed by atoms with Gasteiger partial charge in [-0.15, -0.1) is 0 Å². The molecule has 0 saturated carbocycles. The second kappa shape index (κ2) is 9.27. The molecule has 174 valence electrons. The van der Waals surface area contributed by atoms with Crippen molar-refractivity contribution in [3.63, 3.8) is 0 Å². The van der Waals surface area contributed by atoms with Gasteiger partial charge in [0.1, 0.15) is 5.75 Å². The zero-order valence-electron chi connectivity index (χ0n) is 17.4. The van der Waals surface area contributed by atoms with Crippen LogP contribution in [0.15, 0.2) is 59.5 Å². The van der Waals surface area contributed by atoms with Crippen LogP contribution in [0, 0.1) is 5.82 Å². The first-order valence-electron chi connectivity index (χ1n) is 9.62. The number of carboxylic acids is 1. The van der Waals surface area contributed by atoms with Crippen LogP contribution in [0.4, 0.5) is 17.6 Å². The Morgan fingerprint density at radius 3 is 2.36 bits per heavy atom. The van der Waals surface area contributed by atoms with E-state index in [1.54, 1.807) is 0 Å². The molecule has 10 heteroatoms. The summed E-state index contributed by atoms with van der Waals surface area (Å²) in [6, 6.07) is 9.24. The number of aromatic carboxylic acids is 1. The number of hydrogen-bond donors (Lipinski definition) is 1. The van der Waals surface area contributed by atoms with Crippen molar-refractivity contribution in [2.24, 2.45) is 7.05 Å². The SMILES string of the molecule is CC(c1ccc(Oc2ccc(C(=O)O)cc2F)cc1Cl)C(c1ccc(=O)n(C)c1)C(F)(F)F. The first-order chi connectivity index (χ1) is 15.4. The molecule has 0 amide bonds. The Hall–Kier alpha value is -3.33. The monoisotopic (exact) mass is 483 g/mol. The first-order valence-corrected chi connectivity index (χ1v) is 9.99. The van der Waals surface area contributed by atoms with E-state index in [2.05, 4.69) is 0 Å². The molecule has 0 aliphatic heterocycles. The molecule has 0 aliphatic carbocycles. The highest BCUT2D eigenvalue weighted by molar-refractivity contribution is 6.31. The quantitative estimate of drug-likeness (QED) is 0.429. The van der Waals surface area contributed by atoms with Crippen molar-refractivity contribution >= 4 is 17.6 Å². The van der Waals surface area contributed by atoms with Crippen LogP contribution in [0.3, 0.4) is 0 Å². The maximum atomic E-state index is 14.1. The average molecular weight is 484 g/mol. The van der Waals surface area contributed by atoms with Crippen molar-refractivity contribution in [1.29, 1.82) is 0 Å². The summed E-state index contributed by atoms with van der Waals surface area (Å²) < 4.78 is 62.5. The molecule has 0 saturated heterocycles. The maximum Gasteiger partial charge on any atom is 0.396 e. The van der Waals surface area contributed by atoms with Gasteiger partial charge in [-0.2, -0.15) is 13.2 Å². The van der Waals surface area contributed by atoms with Crippen LogP contribution in [0.25, 0.3) is 0 Å². The highest BCUT2D eigenvalue weighted by Crippen LogP contribution is 2.46. The minimum atomic E-state index is -4.62. The standard InChI is InChI=1S/C23H18ClF4NO4/c1-12(21(23(26,27)28)14-4-8-20(30)29(2)11-14)16-6-5-15(10-17(16)24)33-19-7-3-13(22(31)32)9-18(19)25/h3-12,21H,1-2H3,(H,31,32). The van der Waals surface area contributed by atoms with Crippen LogP contribution in [0.1, 0.15) is 40.2 Å². The van der Waals surface area contributed by atoms with Crippen LogP contribution in [-0.4, -0.2) is 21.8 Å². The Kier molecular flexibility index (Phi) is 6.83. The van der Waals surface area contributed by atoms with E-state index in [-0.39, 0.29) is 33.2 Å². The summed E-state index contributed by atoms with van der Waals surface area (Å²) in [6.07, 6.45) is -3.48. The van der Waals surface area contributed by atoms with E-state index < -0.39 is 35.4 Å². The fourth-order valence-electron chi connectivity index (χ4n) is 3.52. The second-order valence-corrected chi connectivity index (χ2v) is 7.86. The largest absolute Gasteiger partial charge is 0.478 e. The van der Waals surface area contributed by atoms with Gasteiger partial charge < -0.3 is 14.4 Å². The highest BCUT2D eigenvalue weighted by atomic mass is 35.5. The van der Waals surface area contributed by atoms with Crippen molar-refractivity contribution in [3.8, 4) is 11.5 Å². The molecule has 33 heavy (non-hydrogen) atoms. The molecule has 3 rings (SSSR count). The number of carboxylic acid groups (broad SMARTS) is 1. The van der Waals surface area contributed by atoms with E-state index in [9.17, 15) is 27.2 Å². The number of benzene rings is 2. The molecule has 0 fully saturated rings. The molecule has 3 aromatic rings. The van der Waals surface area contributed by atoms with Gasteiger partial charge in [0.2, 0.25) is 5.56 Å². The van der Waals surface area contributed by atoms with Gasteiger partial charge in [0.05, 0.1) is 11.5 Å². The van der Waals surface area contributed by atoms with Crippen LogP contribution >= 0.6 is 11.6 Å². The lowest BCUT2D eigenvalue weighted by Gasteiger charge is -2.28. The molecule has 1 aromatic heterocycles. The van der Waals surface area contributed by atoms with Gasteiger partial charge in [0.15, 0.2) is 11.6 Å². The molecule has 2 aromatic carbocycles. The topological polar surface area (TPSA) is 68.5 Å². The van der Waals surface area contributed by atoms with Gasteiger partial charge in [-0.05, 0) is 47.4 Å². The maximum absolute atomic E-state index is 14.1.